The second kappa shape index (κ2) is 3.98. The van der Waals surface area contributed by atoms with Gasteiger partial charge in [-0.3, -0.25) is 4.79 Å². The molecule has 0 saturated heterocycles. The van der Waals surface area contributed by atoms with Crippen LogP contribution >= 0.6 is 0 Å². The number of carbonyl (C=O) groups excluding carboxylic acids is 1. The summed E-state index contributed by atoms with van der Waals surface area (Å²) in [4.78, 5) is 11.0. The van der Waals surface area contributed by atoms with Gasteiger partial charge in [0.2, 0.25) is 0 Å². The SMILES string of the molecule is CCC(C)(C)C(=O)OCC(F)(F)F. The molecule has 0 amide bonds. The quantitative estimate of drug-likeness (QED) is 0.651. The van der Waals surface area contributed by atoms with Gasteiger partial charge in [-0.1, -0.05) is 6.92 Å². The monoisotopic (exact) mass is 198 g/mol. The van der Waals surface area contributed by atoms with E-state index >= 15 is 0 Å². The van der Waals surface area contributed by atoms with Gasteiger partial charge in [-0.15, -0.1) is 0 Å². The molecule has 0 saturated carbocycles. The third-order valence-corrected chi connectivity index (χ3v) is 1.80. The van der Waals surface area contributed by atoms with Crippen molar-refractivity contribution < 1.29 is 22.7 Å². The van der Waals surface area contributed by atoms with E-state index in [4.69, 9.17) is 0 Å². The smallest absolute Gasteiger partial charge is 0.422 e. The van der Waals surface area contributed by atoms with Crippen molar-refractivity contribution in [2.24, 2.45) is 5.41 Å². The predicted molar refractivity (Wildman–Crippen MR) is 41.1 cm³/mol. The van der Waals surface area contributed by atoms with Gasteiger partial charge in [0.25, 0.3) is 0 Å². The fourth-order valence-electron chi connectivity index (χ4n) is 0.487. The summed E-state index contributed by atoms with van der Waals surface area (Å²) < 4.78 is 39.0. The van der Waals surface area contributed by atoms with E-state index in [0.717, 1.165) is 0 Å². The Morgan fingerprint density at radius 3 is 2.08 bits per heavy atom. The second-order valence-electron chi connectivity index (χ2n) is 3.43. The number of alkyl halides is 3. The molecule has 0 N–H and O–H groups in total. The summed E-state index contributed by atoms with van der Waals surface area (Å²) in [5.74, 6) is -0.813. The highest BCUT2D eigenvalue weighted by molar-refractivity contribution is 5.75. The van der Waals surface area contributed by atoms with Crippen LogP contribution in [0.15, 0.2) is 0 Å². The molecule has 0 rings (SSSR count). The van der Waals surface area contributed by atoms with Gasteiger partial charge in [-0.2, -0.15) is 13.2 Å². The van der Waals surface area contributed by atoms with Gasteiger partial charge in [0.1, 0.15) is 0 Å². The van der Waals surface area contributed by atoms with Crippen molar-refractivity contribution >= 4 is 5.97 Å². The van der Waals surface area contributed by atoms with E-state index in [-0.39, 0.29) is 0 Å². The average Bonchev–Trinajstić information content (AvgIpc) is 1.98. The van der Waals surface area contributed by atoms with Crippen LogP contribution in [0.2, 0.25) is 0 Å². The summed E-state index contributed by atoms with van der Waals surface area (Å²) in [6.07, 6.45) is -4.00. The molecule has 0 radical (unpaired) electrons. The molecule has 0 aromatic heterocycles. The van der Waals surface area contributed by atoms with E-state index in [2.05, 4.69) is 4.74 Å². The highest BCUT2D eigenvalue weighted by Gasteiger charge is 2.33. The van der Waals surface area contributed by atoms with Gasteiger partial charge in [-0.05, 0) is 20.3 Å². The molecule has 0 aromatic rings. The van der Waals surface area contributed by atoms with Gasteiger partial charge >= 0.3 is 12.1 Å². The maximum absolute atomic E-state index is 11.6. The van der Waals surface area contributed by atoms with E-state index < -0.39 is 24.2 Å². The Kier molecular flexibility index (Phi) is 3.75. The molecular formula is C8H13F3O2. The molecule has 2 nitrogen and oxygen atoms in total. The highest BCUT2D eigenvalue weighted by atomic mass is 19.4. The summed E-state index contributed by atoms with van der Waals surface area (Å²) >= 11 is 0. The number of rotatable bonds is 3. The Labute approximate surface area is 75.1 Å². The van der Waals surface area contributed by atoms with Gasteiger partial charge in [0.05, 0.1) is 5.41 Å². The summed E-state index contributed by atoms with van der Waals surface area (Å²) in [6.45, 7) is 3.31. The molecule has 0 aliphatic carbocycles. The van der Waals surface area contributed by atoms with Crippen molar-refractivity contribution in [1.29, 1.82) is 0 Å². The fourth-order valence-corrected chi connectivity index (χ4v) is 0.487. The third-order valence-electron chi connectivity index (χ3n) is 1.80. The molecule has 13 heavy (non-hydrogen) atoms. The van der Waals surface area contributed by atoms with Crippen molar-refractivity contribution in [3.05, 3.63) is 0 Å². The van der Waals surface area contributed by atoms with E-state index in [9.17, 15) is 18.0 Å². The van der Waals surface area contributed by atoms with Crippen LogP contribution in [-0.2, 0) is 9.53 Å². The third kappa shape index (κ3) is 4.75. The lowest BCUT2D eigenvalue weighted by Gasteiger charge is -2.20. The van der Waals surface area contributed by atoms with Crippen LogP contribution in [0.1, 0.15) is 27.2 Å². The van der Waals surface area contributed by atoms with Crippen molar-refractivity contribution in [1.82, 2.24) is 0 Å². The number of ether oxygens (including phenoxy) is 1. The second-order valence-corrected chi connectivity index (χ2v) is 3.43. The maximum atomic E-state index is 11.6. The van der Waals surface area contributed by atoms with Crippen LogP contribution < -0.4 is 0 Å². The zero-order chi connectivity index (χ0) is 10.7. The minimum atomic E-state index is -4.44. The molecule has 0 spiro atoms. The molecule has 0 atom stereocenters. The summed E-state index contributed by atoms with van der Waals surface area (Å²) in [6, 6.07) is 0. The molecule has 0 unspecified atom stereocenters. The summed E-state index contributed by atoms with van der Waals surface area (Å²) in [7, 11) is 0. The zero-order valence-electron chi connectivity index (χ0n) is 7.86. The lowest BCUT2D eigenvalue weighted by molar-refractivity contribution is -0.192. The van der Waals surface area contributed by atoms with Crippen molar-refractivity contribution in [2.75, 3.05) is 6.61 Å². The molecule has 0 aliphatic rings. The van der Waals surface area contributed by atoms with E-state index in [1.165, 1.54) is 0 Å². The van der Waals surface area contributed by atoms with Crippen LogP contribution in [0.3, 0.4) is 0 Å². The summed E-state index contributed by atoms with van der Waals surface area (Å²) in [5.41, 5.74) is -0.842. The van der Waals surface area contributed by atoms with E-state index in [0.29, 0.717) is 6.42 Å². The zero-order valence-corrected chi connectivity index (χ0v) is 7.86. The Hall–Kier alpha value is -0.740. The molecule has 0 heterocycles. The van der Waals surface area contributed by atoms with Gasteiger partial charge < -0.3 is 4.74 Å². The minimum Gasteiger partial charge on any atom is -0.456 e. The van der Waals surface area contributed by atoms with Crippen LogP contribution in [0.4, 0.5) is 13.2 Å². The number of hydrogen-bond donors (Lipinski definition) is 0. The van der Waals surface area contributed by atoms with Crippen molar-refractivity contribution in [3.8, 4) is 0 Å². The van der Waals surface area contributed by atoms with Gasteiger partial charge in [-0.25, -0.2) is 0 Å². The Balaban J connectivity index is 4.03. The first-order valence-corrected chi connectivity index (χ1v) is 3.93. The van der Waals surface area contributed by atoms with Gasteiger partial charge in [0, 0.05) is 0 Å². The number of carbonyl (C=O) groups is 1. The first-order chi connectivity index (χ1) is 5.69. The largest absolute Gasteiger partial charge is 0.456 e. The first-order valence-electron chi connectivity index (χ1n) is 3.93. The molecule has 0 fully saturated rings. The molecule has 78 valence electrons. The Morgan fingerprint density at radius 1 is 1.31 bits per heavy atom. The highest BCUT2D eigenvalue weighted by Crippen LogP contribution is 2.23. The Morgan fingerprint density at radius 2 is 1.77 bits per heavy atom. The summed E-state index contributed by atoms with van der Waals surface area (Å²) in [5, 5.41) is 0. The van der Waals surface area contributed by atoms with Crippen LogP contribution in [0, 0.1) is 5.41 Å². The first kappa shape index (κ1) is 12.3. The van der Waals surface area contributed by atoms with Crippen molar-refractivity contribution in [2.45, 2.75) is 33.4 Å². The van der Waals surface area contributed by atoms with Crippen molar-refractivity contribution in [3.63, 3.8) is 0 Å². The van der Waals surface area contributed by atoms with Gasteiger partial charge in [0.15, 0.2) is 6.61 Å². The van der Waals surface area contributed by atoms with Crippen LogP contribution in [-0.4, -0.2) is 18.8 Å². The van der Waals surface area contributed by atoms with Crippen LogP contribution in [0.25, 0.3) is 0 Å². The number of esters is 1. The fraction of sp³-hybridized carbons (Fsp3) is 0.875. The van der Waals surface area contributed by atoms with Crippen LogP contribution in [0.5, 0.6) is 0 Å². The normalized spacial score (nSPS) is 12.8. The number of halogens is 3. The topological polar surface area (TPSA) is 26.3 Å². The minimum absolute atomic E-state index is 0.448. The molecular weight excluding hydrogens is 185 g/mol. The van der Waals surface area contributed by atoms with E-state index in [1.54, 1.807) is 20.8 Å². The lowest BCUT2D eigenvalue weighted by atomic mass is 9.91. The molecule has 5 heteroatoms. The number of hydrogen-bond acceptors (Lipinski definition) is 2. The molecule has 0 bridgehead atoms. The average molecular weight is 198 g/mol. The molecule has 0 aromatic carbocycles. The van der Waals surface area contributed by atoms with E-state index in [1.807, 2.05) is 0 Å². The standard InChI is InChI=1S/C8H13F3O2/c1-4-7(2,3)6(12)13-5-8(9,10)11/h4-5H2,1-3H3. The lowest BCUT2D eigenvalue weighted by Crippen LogP contribution is -2.29. The predicted octanol–water partition coefficient (Wildman–Crippen LogP) is 2.53. The maximum Gasteiger partial charge on any atom is 0.422 e. The Bertz CT molecular complexity index is 184. The molecule has 0 aliphatic heterocycles.